The van der Waals surface area contributed by atoms with E-state index >= 15 is 0 Å². The maximum absolute atomic E-state index is 13.0. The lowest BCUT2D eigenvalue weighted by molar-refractivity contribution is -0.116. The van der Waals surface area contributed by atoms with Gasteiger partial charge in [0.1, 0.15) is 23.9 Å². The Bertz CT molecular complexity index is 643. The summed E-state index contributed by atoms with van der Waals surface area (Å²) in [6, 6.07) is 2.77. The van der Waals surface area contributed by atoms with Crippen LogP contribution >= 0.6 is 0 Å². The zero-order valence-electron chi connectivity index (χ0n) is 11.6. The van der Waals surface area contributed by atoms with Gasteiger partial charge in [0, 0.05) is 11.8 Å². The molecule has 2 rings (SSSR count). The Balaban J connectivity index is 2.03. The summed E-state index contributed by atoms with van der Waals surface area (Å²) >= 11 is 0. The van der Waals surface area contributed by atoms with Crippen LogP contribution in [0, 0.1) is 11.6 Å². The van der Waals surface area contributed by atoms with Crippen LogP contribution in [0.25, 0.3) is 0 Å². The van der Waals surface area contributed by atoms with E-state index in [1.54, 1.807) is 20.0 Å². The second-order valence-electron chi connectivity index (χ2n) is 5.23. The summed E-state index contributed by atoms with van der Waals surface area (Å²) in [5.41, 5.74) is 5.77. The van der Waals surface area contributed by atoms with Gasteiger partial charge >= 0.3 is 0 Å². The average molecular weight is 295 g/mol. The van der Waals surface area contributed by atoms with Gasteiger partial charge in [-0.3, -0.25) is 4.79 Å². The minimum Gasteiger partial charge on any atom is -0.324 e. The highest BCUT2D eigenvalue weighted by molar-refractivity contribution is 5.90. The van der Waals surface area contributed by atoms with Crippen LogP contribution in [0.15, 0.2) is 24.4 Å². The van der Waals surface area contributed by atoms with E-state index in [2.05, 4.69) is 15.6 Å². The molecule has 21 heavy (non-hydrogen) atoms. The van der Waals surface area contributed by atoms with Gasteiger partial charge in [0.25, 0.3) is 0 Å². The average Bonchev–Trinajstić information content (AvgIpc) is 2.75. The molecule has 0 aliphatic rings. The van der Waals surface area contributed by atoms with Gasteiger partial charge in [0.05, 0.1) is 11.7 Å². The molecule has 0 bridgehead atoms. The highest BCUT2D eigenvalue weighted by Crippen LogP contribution is 2.14. The number of carbonyl (C=O) groups is 1. The van der Waals surface area contributed by atoms with Crippen molar-refractivity contribution in [3.05, 3.63) is 41.7 Å². The molecule has 6 nitrogen and oxygen atoms in total. The molecule has 1 heterocycles. The lowest BCUT2D eigenvalue weighted by Gasteiger charge is -2.13. The number of hydrogen-bond acceptors (Lipinski definition) is 4. The summed E-state index contributed by atoms with van der Waals surface area (Å²) in [6.45, 7) is 3.38. The van der Waals surface area contributed by atoms with Gasteiger partial charge in [0.2, 0.25) is 5.91 Å². The topological polar surface area (TPSA) is 85.8 Å². The van der Waals surface area contributed by atoms with Crippen molar-refractivity contribution >= 4 is 11.6 Å². The normalized spacial score (nSPS) is 11.5. The van der Waals surface area contributed by atoms with Crippen molar-refractivity contribution in [2.24, 2.45) is 5.73 Å². The van der Waals surface area contributed by atoms with Crippen molar-refractivity contribution in [2.45, 2.75) is 25.9 Å². The van der Waals surface area contributed by atoms with Gasteiger partial charge in [-0.1, -0.05) is 5.21 Å². The van der Waals surface area contributed by atoms with E-state index in [9.17, 15) is 13.6 Å². The monoisotopic (exact) mass is 295 g/mol. The van der Waals surface area contributed by atoms with Gasteiger partial charge < -0.3 is 11.1 Å². The van der Waals surface area contributed by atoms with Crippen LogP contribution in [-0.4, -0.2) is 20.9 Å². The SMILES string of the molecule is CC(C)(N)c1cn(CC(=O)Nc2cc(F)cc(F)c2)nn1. The number of hydrogen-bond donors (Lipinski definition) is 2. The summed E-state index contributed by atoms with van der Waals surface area (Å²) in [5.74, 6) is -2.01. The molecule has 3 N–H and O–H groups in total. The largest absolute Gasteiger partial charge is 0.324 e. The Morgan fingerprint density at radius 3 is 2.48 bits per heavy atom. The lowest BCUT2D eigenvalue weighted by atomic mass is 10.0. The van der Waals surface area contributed by atoms with Crippen molar-refractivity contribution in [1.82, 2.24) is 15.0 Å². The molecule has 0 saturated carbocycles. The van der Waals surface area contributed by atoms with E-state index in [-0.39, 0.29) is 12.2 Å². The maximum Gasteiger partial charge on any atom is 0.246 e. The molecule has 0 saturated heterocycles. The van der Waals surface area contributed by atoms with E-state index in [1.807, 2.05) is 0 Å². The summed E-state index contributed by atoms with van der Waals surface area (Å²) in [4.78, 5) is 11.8. The molecule has 0 fully saturated rings. The highest BCUT2D eigenvalue weighted by Gasteiger charge is 2.19. The molecular formula is C13H15F2N5O. The molecule has 112 valence electrons. The second kappa shape index (κ2) is 5.57. The minimum atomic E-state index is -0.766. The van der Waals surface area contributed by atoms with E-state index in [0.717, 1.165) is 18.2 Å². The number of aromatic nitrogens is 3. The number of rotatable bonds is 4. The van der Waals surface area contributed by atoms with Crippen LogP contribution in [-0.2, 0) is 16.9 Å². The van der Waals surface area contributed by atoms with Crippen molar-refractivity contribution in [3.8, 4) is 0 Å². The third kappa shape index (κ3) is 4.06. The van der Waals surface area contributed by atoms with Gasteiger partial charge in [0.15, 0.2) is 0 Å². The van der Waals surface area contributed by atoms with Gasteiger partial charge in [-0.2, -0.15) is 0 Å². The number of nitrogens with zero attached hydrogens (tertiary/aromatic N) is 3. The highest BCUT2D eigenvalue weighted by atomic mass is 19.1. The predicted molar refractivity (Wildman–Crippen MR) is 72.2 cm³/mol. The predicted octanol–water partition coefficient (Wildman–Crippen LogP) is 1.39. The molecule has 8 heteroatoms. The van der Waals surface area contributed by atoms with E-state index in [1.165, 1.54) is 4.68 Å². The first-order chi connectivity index (χ1) is 9.74. The maximum atomic E-state index is 13.0. The molecule has 1 aromatic heterocycles. The smallest absolute Gasteiger partial charge is 0.246 e. The second-order valence-corrected chi connectivity index (χ2v) is 5.23. The molecule has 2 aromatic rings. The van der Waals surface area contributed by atoms with Crippen LogP contribution in [0.5, 0.6) is 0 Å². The fourth-order valence-corrected chi connectivity index (χ4v) is 1.64. The molecule has 0 aliphatic heterocycles. The molecule has 1 aromatic carbocycles. The Labute approximate surface area is 119 Å². The number of amides is 1. The molecule has 0 aliphatic carbocycles. The molecule has 0 unspecified atom stereocenters. The van der Waals surface area contributed by atoms with Crippen LogP contribution in [0.4, 0.5) is 14.5 Å². The molecule has 0 atom stereocenters. The van der Waals surface area contributed by atoms with Gasteiger partial charge in [-0.15, -0.1) is 5.10 Å². The third-order valence-electron chi connectivity index (χ3n) is 2.65. The van der Waals surface area contributed by atoms with Crippen LogP contribution in [0.1, 0.15) is 19.5 Å². The lowest BCUT2D eigenvalue weighted by Crippen LogP contribution is -2.29. The Kier molecular flexibility index (Phi) is 3.99. The van der Waals surface area contributed by atoms with E-state index < -0.39 is 23.1 Å². The van der Waals surface area contributed by atoms with Crippen molar-refractivity contribution in [2.75, 3.05) is 5.32 Å². The number of anilines is 1. The van der Waals surface area contributed by atoms with Gasteiger partial charge in [-0.05, 0) is 26.0 Å². The first-order valence-electron chi connectivity index (χ1n) is 6.19. The molecular weight excluding hydrogens is 280 g/mol. The van der Waals surface area contributed by atoms with E-state index in [4.69, 9.17) is 5.73 Å². The van der Waals surface area contributed by atoms with Crippen molar-refractivity contribution < 1.29 is 13.6 Å². The zero-order chi connectivity index (χ0) is 15.6. The Hall–Kier alpha value is -2.35. The van der Waals surface area contributed by atoms with Crippen molar-refractivity contribution in [3.63, 3.8) is 0 Å². The first kappa shape index (κ1) is 15.0. The van der Waals surface area contributed by atoms with Gasteiger partial charge in [-0.25, -0.2) is 13.5 Å². The minimum absolute atomic E-state index is 0.0389. The summed E-state index contributed by atoms with van der Waals surface area (Å²) in [7, 11) is 0. The Morgan fingerprint density at radius 2 is 1.95 bits per heavy atom. The number of benzene rings is 1. The molecule has 0 spiro atoms. The first-order valence-corrected chi connectivity index (χ1v) is 6.19. The van der Waals surface area contributed by atoms with E-state index in [0.29, 0.717) is 5.69 Å². The summed E-state index contributed by atoms with van der Waals surface area (Å²) in [5, 5.41) is 10.0. The number of nitrogens with two attached hydrogens (primary N) is 1. The fraction of sp³-hybridized carbons (Fsp3) is 0.308. The quantitative estimate of drug-likeness (QED) is 0.892. The molecule has 1 amide bonds. The fourth-order valence-electron chi connectivity index (χ4n) is 1.64. The third-order valence-corrected chi connectivity index (χ3v) is 2.65. The molecule has 0 radical (unpaired) electrons. The van der Waals surface area contributed by atoms with Crippen LogP contribution in [0.2, 0.25) is 0 Å². The number of nitrogens with one attached hydrogen (secondary N) is 1. The van der Waals surface area contributed by atoms with Crippen molar-refractivity contribution in [1.29, 1.82) is 0 Å². The van der Waals surface area contributed by atoms with Crippen LogP contribution < -0.4 is 11.1 Å². The number of carbonyl (C=O) groups excluding carboxylic acids is 1. The Morgan fingerprint density at radius 1 is 1.33 bits per heavy atom. The standard InChI is InChI=1S/C13H15F2N5O/c1-13(2,16)11-6-20(19-18-11)7-12(21)17-10-4-8(14)3-9(15)5-10/h3-6H,7,16H2,1-2H3,(H,17,21). The van der Waals surface area contributed by atoms with Crippen LogP contribution in [0.3, 0.4) is 0 Å². The number of halogens is 2. The summed E-state index contributed by atoms with van der Waals surface area (Å²) in [6.07, 6.45) is 1.55. The zero-order valence-corrected chi connectivity index (χ0v) is 11.6. The summed E-state index contributed by atoms with van der Waals surface area (Å²) < 4.78 is 27.3.